The fraction of sp³-hybridized carbons (Fsp3) is 0. The Hall–Kier alpha value is -14.8. The van der Waals surface area contributed by atoms with Crippen LogP contribution in [0.5, 0.6) is 0 Å². The zero-order chi connectivity index (χ0) is 74.2. The van der Waals surface area contributed by atoms with Gasteiger partial charge >= 0.3 is 0 Å². The Labute approximate surface area is 655 Å². The van der Waals surface area contributed by atoms with Gasteiger partial charge in [-0.1, -0.05) is 364 Å². The van der Waals surface area contributed by atoms with Crippen molar-refractivity contribution in [2.24, 2.45) is 0 Å². The van der Waals surface area contributed by atoms with E-state index in [1.54, 1.807) is 0 Å². The van der Waals surface area contributed by atoms with Gasteiger partial charge in [-0.3, -0.25) is 0 Å². The molecular weight excluding hydrogens is 1360 g/mol. The van der Waals surface area contributed by atoms with Gasteiger partial charge in [0.1, 0.15) is 0 Å². The van der Waals surface area contributed by atoms with E-state index in [1.165, 1.54) is 98.1 Å². The van der Waals surface area contributed by atoms with Gasteiger partial charge in [0.15, 0.2) is 0 Å². The third-order valence-electron chi connectivity index (χ3n) is 24.1. The molecule has 0 fully saturated rings. The Morgan fingerprint density at radius 2 is 0.487 bits per heavy atom. The molecule has 0 N–H and O–H groups in total. The molecule has 113 heavy (non-hydrogen) atoms. The van der Waals surface area contributed by atoms with Crippen LogP contribution in [0.2, 0.25) is 0 Å². The van der Waals surface area contributed by atoms with E-state index in [9.17, 15) is 0 Å². The first-order valence-electron chi connectivity index (χ1n) is 39.2. The molecule has 2 aliphatic rings. The molecule has 0 bridgehead atoms. The van der Waals surface area contributed by atoms with Gasteiger partial charge in [0.2, 0.25) is 0 Å². The van der Waals surface area contributed by atoms with Crippen molar-refractivity contribution in [3.05, 3.63) is 419 Å². The predicted octanol–water partition coefficient (Wildman–Crippen LogP) is 27.1. The van der Waals surface area contributed by atoms with Crippen molar-refractivity contribution in [2.45, 2.75) is 0 Å². The Balaban J connectivity index is 0.866. The van der Waals surface area contributed by atoms with E-state index in [1.807, 2.05) is 0 Å². The lowest BCUT2D eigenvalue weighted by molar-refractivity contribution is 1.15. The van der Waals surface area contributed by atoms with Crippen molar-refractivity contribution in [3.8, 4) is 89.3 Å². The molecule has 0 amide bonds. The van der Waals surface area contributed by atoms with Gasteiger partial charge in [-0.2, -0.15) is 0 Å². The smallest absolute Gasteiger partial charge is 0.252 e. The van der Waals surface area contributed by atoms with Gasteiger partial charge < -0.3 is 18.9 Å². The number of anilines is 6. The highest BCUT2D eigenvalue weighted by atomic mass is 15.2. The Bertz CT molecular complexity index is 7140. The number of benzene rings is 19. The van der Waals surface area contributed by atoms with Crippen LogP contribution in [0.3, 0.4) is 0 Å². The molecule has 23 rings (SSSR count). The lowest BCUT2D eigenvalue weighted by atomic mass is 9.33. The minimum Gasteiger partial charge on any atom is -0.310 e. The lowest BCUT2D eigenvalue weighted by Gasteiger charge is -2.46. The first-order chi connectivity index (χ1) is 56.1. The van der Waals surface area contributed by atoms with Crippen LogP contribution < -0.4 is 26.2 Å². The molecule has 19 aromatic carbocycles. The molecule has 2 aromatic heterocycles. The summed E-state index contributed by atoms with van der Waals surface area (Å²) in [6.07, 6.45) is 0. The van der Waals surface area contributed by atoms with E-state index in [-0.39, 0.29) is 6.71 Å². The first kappa shape index (κ1) is 64.2. The van der Waals surface area contributed by atoms with Crippen LogP contribution in [0.25, 0.3) is 165 Å². The van der Waals surface area contributed by atoms with Gasteiger partial charge in [-0.15, -0.1) is 0 Å². The maximum atomic E-state index is 2.71. The van der Waals surface area contributed by atoms with Crippen LogP contribution in [-0.4, -0.2) is 15.8 Å². The standard InChI is InChI=1S/C108H69BN4/c1-5-30-71(31-6-1)82-50-28-51-83(72-32-7-2-8-33-72)107(82)112-100-66-77(105-92-47-17-15-45-90(92)104(91-46-16-18-48-93(91)105)76-60-58-75(59-61-76)81-49-27-39-70-38-13-14-40-80(70)81)62-64-94(100)109-95-65-63-78(110-96-54-23-19-41-86(96)87-42-20-24-55-97(87)110)67-101(95)113(108-84(73-34-9-3-10-35-73)52-29-53-85(108)74-36-11-4-12-37-74)103-69-79(68-102(112)106(103)109)111-98-56-25-21-43-88(98)89-44-22-26-57-99(89)111/h1-69H. The molecule has 0 unspecified atom stereocenters. The second-order valence-electron chi connectivity index (χ2n) is 30.1. The highest BCUT2D eigenvalue weighted by Crippen LogP contribution is 2.56. The summed E-state index contributed by atoms with van der Waals surface area (Å²) < 4.78 is 5.04. The summed E-state index contributed by atoms with van der Waals surface area (Å²) in [6.45, 7) is -0.299. The van der Waals surface area contributed by atoms with Crippen LogP contribution in [-0.2, 0) is 0 Å². The summed E-state index contributed by atoms with van der Waals surface area (Å²) in [5.41, 5.74) is 33.0. The second-order valence-corrected chi connectivity index (χ2v) is 30.1. The summed E-state index contributed by atoms with van der Waals surface area (Å²) >= 11 is 0. The van der Waals surface area contributed by atoms with Gasteiger partial charge in [0, 0.05) is 72.2 Å². The van der Waals surface area contributed by atoms with Gasteiger partial charge in [-0.05, 0) is 159 Å². The number of fused-ring (bicyclic) bond motifs is 13. The van der Waals surface area contributed by atoms with Crippen molar-refractivity contribution < 1.29 is 0 Å². The van der Waals surface area contributed by atoms with Gasteiger partial charge in [0.25, 0.3) is 6.71 Å². The second kappa shape index (κ2) is 26.0. The van der Waals surface area contributed by atoms with E-state index >= 15 is 0 Å². The molecule has 4 heterocycles. The molecule has 0 atom stereocenters. The van der Waals surface area contributed by atoms with Crippen LogP contribution in [0.15, 0.2) is 419 Å². The average Bonchev–Trinajstić information content (AvgIpc) is 1.08. The third-order valence-corrected chi connectivity index (χ3v) is 24.1. The molecule has 0 saturated heterocycles. The van der Waals surface area contributed by atoms with Crippen molar-refractivity contribution >= 4 is 133 Å². The monoisotopic (exact) mass is 1430 g/mol. The Morgan fingerprint density at radius 1 is 0.186 bits per heavy atom. The average molecular weight is 1430 g/mol. The van der Waals surface area contributed by atoms with E-state index in [0.717, 1.165) is 118 Å². The normalized spacial score (nSPS) is 12.4. The number of hydrogen-bond donors (Lipinski definition) is 0. The molecule has 5 heteroatoms. The fourth-order valence-corrected chi connectivity index (χ4v) is 19.3. The zero-order valence-corrected chi connectivity index (χ0v) is 61.7. The summed E-state index contributed by atoms with van der Waals surface area (Å²) in [7, 11) is 0. The van der Waals surface area contributed by atoms with E-state index in [2.05, 4.69) is 438 Å². The molecule has 0 spiro atoms. The summed E-state index contributed by atoms with van der Waals surface area (Å²) in [5, 5.41) is 12.1. The number of rotatable bonds is 11. The molecule has 0 saturated carbocycles. The number of para-hydroxylation sites is 6. The quantitative estimate of drug-likeness (QED) is 0.0948. The van der Waals surface area contributed by atoms with Crippen LogP contribution in [0.1, 0.15) is 0 Å². The van der Waals surface area contributed by atoms with E-state index < -0.39 is 0 Å². The van der Waals surface area contributed by atoms with Crippen molar-refractivity contribution in [1.29, 1.82) is 0 Å². The summed E-state index contributed by atoms with van der Waals surface area (Å²) in [5.74, 6) is 0. The zero-order valence-electron chi connectivity index (χ0n) is 61.7. The lowest BCUT2D eigenvalue weighted by Crippen LogP contribution is -2.61. The van der Waals surface area contributed by atoms with Crippen LogP contribution in [0.4, 0.5) is 34.1 Å². The molecule has 524 valence electrons. The minimum atomic E-state index is -0.299. The molecular formula is C108H69BN4. The van der Waals surface area contributed by atoms with E-state index in [0.29, 0.717) is 0 Å². The predicted molar refractivity (Wildman–Crippen MR) is 480 cm³/mol. The minimum absolute atomic E-state index is 0.299. The van der Waals surface area contributed by atoms with Crippen molar-refractivity contribution in [2.75, 3.05) is 9.80 Å². The highest BCUT2D eigenvalue weighted by molar-refractivity contribution is 7.00. The van der Waals surface area contributed by atoms with Gasteiger partial charge in [-0.25, -0.2) is 0 Å². The van der Waals surface area contributed by atoms with Crippen LogP contribution in [0, 0.1) is 0 Å². The SMILES string of the molecule is c1ccc(-c2cccc(-c3ccccc3)c2N2c3cc(-c4c5ccccc5c(-c5ccc(-c6cccc7ccccc67)cc5)c5ccccc45)ccc3B3c4ccc(-n5c6ccccc6c6ccccc65)cc4N(c4c(-c5ccccc5)cccc4-c4ccccc4)c4cc(-n5c6ccccc6c6ccccc65)cc2c43)cc1. The Kier molecular flexibility index (Phi) is 14.8. The molecule has 0 radical (unpaired) electrons. The van der Waals surface area contributed by atoms with Crippen LogP contribution >= 0.6 is 0 Å². The number of aromatic nitrogens is 2. The third kappa shape index (κ3) is 10.0. The maximum Gasteiger partial charge on any atom is 0.252 e. The van der Waals surface area contributed by atoms with Crippen molar-refractivity contribution in [1.82, 2.24) is 9.13 Å². The van der Waals surface area contributed by atoms with Crippen molar-refractivity contribution in [3.63, 3.8) is 0 Å². The molecule has 21 aromatic rings. The number of nitrogens with zero attached hydrogens (tertiary/aromatic N) is 4. The van der Waals surface area contributed by atoms with E-state index in [4.69, 9.17) is 0 Å². The first-order valence-corrected chi connectivity index (χ1v) is 39.2. The summed E-state index contributed by atoms with van der Waals surface area (Å²) in [4.78, 5) is 5.41. The highest BCUT2D eigenvalue weighted by Gasteiger charge is 2.46. The molecule has 4 nitrogen and oxygen atoms in total. The fourth-order valence-electron chi connectivity index (χ4n) is 19.3. The topological polar surface area (TPSA) is 16.3 Å². The largest absolute Gasteiger partial charge is 0.310 e. The molecule has 2 aliphatic heterocycles. The Morgan fingerprint density at radius 3 is 0.929 bits per heavy atom. The number of hydrogen-bond acceptors (Lipinski definition) is 2. The van der Waals surface area contributed by atoms with Gasteiger partial charge in [0.05, 0.1) is 39.1 Å². The maximum absolute atomic E-state index is 2.71. The molecule has 0 aliphatic carbocycles. The summed E-state index contributed by atoms with van der Waals surface area (Å²) in [6, 6.07) is 157.